The molecule has 0 saturated heterocycles. The van der Waals surface area contributed by atoms with Crippen LogP contribution in [-0.2, 0) is 6.42 Å². The second kappa shape index (κ2) is 3.81. The van der Waals surface area contributed by atoms with Gasteiger partial charge in [-0.25, -0.2) is 0 Å². The third-order valence-corrected chi connectivity index (χ3v) is 2.97. The average Bonchev–Trinajstić information content (AvgIpc) is 2.54. The van der Waals surface area contributed by atoms with E-state index in [1.807, 2.05) is 0 Å². The van der Waals surface area contributed by atoms with Crippen LogP contribution in [0.15, 0.2) is 6.20 Å². The molecule has 0 aromatic carbocycles. The van der Waals surface area contributed by atoms with Crippen LogP contribution in [0.3, 0.4) is 0 Å². The molecule has 0 amide bonds. The first-order valence-electron chi connectivity index (χ1n) is 5.14. The monoisotopic (exact) mass is 179 g/mol. The Labute approximate surface area is 78.7 Å². The summed E-state index contributed by atoms with van der Waals surface area (Å²) in [6.45, 7) is 0. The Balaban J connectivity index is 1.93. The van der Waals surface area contributed by atoms with E-state index in [9.17, 15) is 0 Å². The van der Waals surface area contributed by atoms with Gasteiger partial charge in [0.25, 0.3) is 0 Å². The summed E-state index contributed by atoms with van der Waals surface area (Å²) in [6.07, 6.45) is 9.70. The third kappa shape index (κ3) is 2.02. The van der Waals surface area contributed by atoms with Crippen LogP contribution in [0.1, 0.15) is 37.8 Å². The van der Waals surface area contributed by atoms with Gasteiger partial charge in [-0.2, -0.15) is 5.10 Å². The number of nitrogens with two attached hydrogens (primary N) is 1. The summed E-state index contributed by atoms with van der Waals surface area (Å²) in [5, 5.41) is 6.91. The van der Waals surface area contributed by atoms with Gasteiger partial charge in [-0.1, -0.05) is 32.1 Å². The molecule has 1 aromatic rings. The van der Waals surface area contributed by atoms with E-state index in [-0.39, 0.29) is 0 Å². The molecule has 3 heteroatoms. The summed E-state index contributed by atoms with van der Waals surface area (Å²) in [4.78, 5) is 0. The summed E-state index contributed by atoms with van der Waals surface area (Å²) in [6, 6.07) is 0. The van der Waals surface area contributed by atoms with Crippen molar-refractivity contribution >= 4 is 5.69 Å². The lowest BCUT2D eigenvalue weighted by Gasteiger charge is -2.20. The van der Waals surface area contributed by atoms with E-state index in [0.717, 1.165) is 23.7 Å². The maximum atomic E-state index is 5.76. The highest BCUT2D eigenvalue weighted by Crippen LogP contribution is 2.27. The van der Waals surface area contributed by atoms with Gasteiger partial charge in [0, 0.05) is 0 Å². The van der Waals surface area contributed by atoms with Crippen molar-refractivity contribution in [2.75, 3.05) is 5.73 Å². The Morgan fingerprint density at radius 3 is 2.77 bits per heavy atom. The molecule has 0 unspecified atom stereocenters. The zero-order valence-corrected chi connectivity index (χ0v) is 7.92. The zero-order chi connectivity index (χ0) is 9.10. The van der Waals surface area contributed by atoms with Crippen molar-refractivity contribution in [3.05, 3.63) is 11.9 Å². The molecule has 1 saturated carbocycles. The van der Waals surface area contributed by atoms with E-state index in [2.05, 4.69) is 10.2 Å². The van der Waals surface area contributed by atoms with Gasteiger partial charge in [-0.3, -0.25) is 5.10 Å². The minimum atomic E-state index is 0.825. The first kappa shape index (κ1) is 8.60. The van der Waals surface area contributed by atoms with Crippen molar-refractivity contribution in [2.45, 2.75) is 38.5 Å². The van der Waals surface area contributed by atoms with Gasteiger partial charge in [0.15, 0.2) is 0 Å². The van der Waals surface area contributed by atoms with Gasteiger partial charge in [0.1, 0.15) is 0 Å². The molecule has 0 bridgehead atoms. The Hall–Kier alpha value is -0.990. The quantitative estimate of drug-likeness (QED) is 0.730. The van der Waals surface area contributed by atoms with E-state index in [0.29, 0.717) is 0 Å². The SMILES string of the molecule is Nc1cn[nH]c1CC1CCCCC1. The number of aromatic nitrogens is 2. The number of aromatic amines is 1. The number of H-pyrrole nitrogens is 1. The average molecular weight is 179 g/mol. The molecule has 1 aliphatic carbocycles. The predicted molar refractivity (Wildman–Crippen MR) is 53.3 cm³/mol. The van der Waals surface area contributed by atoms with Crippen LogP contribution in [0.4, 0.5) is 5.69 Å². The highest BCUT2D eigenvalue weighted by Gasteiger charge is 2.15. The molecule has 13 heavy (non-hydrogen) atoms. The number of hydrogen-bond donors (Lipinski definition) is 2. The van der Waals surface area contributed by atoms with E-state index in [1.54, 1.807) is 6.20 Å². The molecule has 2 rings (SSSR count). The standard InChI is InChI=1S/C10H17N3/c11-9-7-12-13-10(9)6-8-4-2-1-3-5-8/h7-8H,1-6,11H2,(H,12,13). The zero-order valence-electron chi connectivity index (χ0n) is 7.92. The smallest absolute Gasteiger partial charge is 0.0730 e. The minimum absolute atomic E-state index is 0.825. The number of hydrogen-bond acceptors (Lipinski definition) is 2. The summed E-state index contributed by atoms with van der Waals surface area (Å²) in [7, 11) is 0. The maximum Gasteiger partial charge on any atom is 0.0730 e. The molecule has 0 radical (unpaired) electrons. The van der Waals surface area contributed by atoms with Gasteiger partial charge in [-0.05, 0) is 12.3 Å². The summed E-state index contributed by atoms with van der Waals surface area (Å²) < 4.78 is 0. The number of nitrogens with zero attached hydrogens (tertiary/aromatic N) is 1. The van der Waals surface area contributed by atoms with E-state index < -0.39 is 0 Å². The maximum absolute atomic E-state index is 5.76. The van der Waals surface area contributed by atoms with Crippen LogP contribution in [0.2, 0.25) is 0 Å². The lowest BCUT2D eigenvalue weighted by Crippen LogP contribution is -2.10. The third-order valence-electron chi connectivity index (χ3n) is 2.97. The highest BCUT2D eigenvalue weighted by atomic mass is 15.1. The van der Waals surface area contributed by atoms with E-state index in [1.165, 1.54) is 32.1 Å². The van der Waals surface area contributed by atoms with Crippen molar-refractivity contribution in [1.29, 1.82) is 0 Å². The van der Waals surface area contributed by atoms with Crippen LogP contribution in [0, 0.1) is 5.92 Å². The summed E-state index contributed by atoms with van der Waals surface area (Å²) >= 11 is 0. The van der Waals surface area contributed by atoms with Gasteiger partial charge in [0.05, 0.1) is 17.6 Å². The Kier molecular flexibility index (Phi) is 2.52. The molecule has 1 aliphatic rings. The topological polar surface area (TPSA) is 54.7 Å². The second-order valence-electron chi connectivity index (χ2n) is 4.01. The van der Waals surface area contributed by atoms with Crippen molar-refractivity contribution in [3.8, 4) is 0 Å². The molecule has 0 spiro atoms. The van der Waals surface area contributed by atoms with E-state index >= 15 is 0 Å². The molecule has 72 valence electrons. The largest absolute Gasteiger partial charge is 0.396 e. The minimum Gasteiger partial charge on any atom is -0.396 e. The number of anilines is 1. The molecule has 1 heterocycles. The van der Waals surface area contributed by atoms with Crippen molar-refractivity contribution < 1.29 is 0 Å². The molecule has 0 atom stereocenters. The van der Waals surface area contributed by atoms with Gasteiger partial charge in [0.2, 0.25) is 0 Å². The Morgan fingerprint density at radius 2 is 2.15 bits per heavy atom. The van der Waals surface area contributed by atoms with Crippen molar-refractivity contribution in [1.82, 2.24) is 10.2 Å². The molecule has 0 aliphatic heterocycles. The molecule has 3 nitrogen and oxygen atoms in total. The fraction of sp³-hybridized carbons (Fsp3) is 0.700. The number of nitrogens with one attached hydrogen (secondary N) is 1. The summed E-state index contributed by atoms with van der Waals surface area (Å²) in [5.41, 5.74) is 7.72. The van der Waals surface area contributed by atoms with Crippen LogP contribution in [-0.4, -0.2) is 10.2 Å². The second-order valence-corrected chi connectivity index (χ2v) is 4.01. The number of nitrogen functional groups attached to an aromatic ring is 1. The summed E-state index contributed by atoms with van der Waals surface area (Å²) in [5.74, 6) is 0.830. The van der Waals surface area contributed by atoms with Crippen molar-refractivity contribution in [2.24, 2.45) is 5.92 Å². The first-order valence-corrected chi connectivity index (χ1v) is 5.14. The van der Waals surface area contributed by atoms with Crippen LogP contribution >= 0.6 is 0 Å². The molecule has 3 N–H and O–H groups in total. The number of rotatable bonds is 2. The fourth-order valence-electron chi connectivity index (χ4n) is 2.17. The van der Waals surface area contributed by atoms with Gasteiger partial charge < -0.3 is 5.73 Å². The van der Waals surface area contributed by atoms with Gasteiger partial charge in [-0.15, -0.1) is 0 Å². The van der Waals surface area contributed by atoms with Gasteiger partial charge >= 0.3 is 0 Å². The lowest BCUT2D eigenvalue weighted by molar-refractivity contribution is 0.354. The first-order chi connectivity index (χ1) is 6.36. The normalized spacial score (nSPS) is 19.1. The molecular weight excluding hydrogens is 162 g/mol. The lowest BCUT2D eigenvalue weighted by atomic mass is 9.86. The van der Waals surface area contributed by atoms with Crippen molar-refractivity contribution in [3.63, 3.8) is 0 Å². The highest BCUT2D eigenvalue weighted by molar-refractivity contribution is 5.40. The predicted octanol–water partition coefficient (Wildman–Crippen LogP) is 2.11. The Morgan fingerprint density at radius 1 is 1.38 bits per heavy atom. The fourth-order valence-corrected chi connectivity index (χ4v) is 2.17. The molecule has 1 aromatic heterocycles. The van der Waals surface area contributed by atoms with Crippen LogP contribution < -0.4 is 5.73 Å². The van der Waals surface area contributed by atoms with E-state index in [4.69, 9.17) is 5.73 Å². The molecule has 1 fully saturated rings. The Bertz CT molecular complexity index is 261. The van der Waals surface area contributed by atoms with Crippen LogP contribution in [0.5, 0.6) is 0 Å². The van der Waals surface area contributed by atoms with Crippen LogP contribution in [0.25, 0.3) is 0 Å². The molecular formula is C10H17N3.